The number of hydrogen-bond acceptors (Lipinski definition) is 5. The van der Waals surface area contributed by atoms with E-state index in [1.54, 1.807) is 0 Å². The summed E-state index contributed by atoms with van der Waals surface area (Å²) in [4.78, 5) is 41.1. The third kappa shape index (κ3) is 3.62. The van der Waals surface area contributed by atoms with Crippen molar-refractivity contribution in [2.24, 2.45) is 18.7 Å². The van der Waals surface area contributed by atoms with Gasteiger partial charge in [-0.2, -0.15) is 18.3 Å². The number of carboxylic acids is 1. The molecule has 10 nitrogen and oxygen atoms in total. The van der Waals surface area contributed by atoms with E-state index in [0.717, 1.165) is 9.58 Å². The zero-order valence-corrected chi connectivity index (χ0v) is 18.0. The second-order valence-corrected chi connectivity index (χ2v) is 8.66. The Bertz CT molecular complexity index is 1210. The molecule has 0 radical (unpaired) electrons. The zero-order valence-electron chi connectivity index (χ0n) is 18.0. The number of carbonyl (C=O) groups is 3. The predicted molar refractivity (Wildman–Crippen MR) is 108 cm³/mol. The van der Waals surface area contributed by atoms with Gasteiger partial charge >= 0.3 is 18.2 Å². The second-order valence-electron chi connectivity index (χ2n) is 8.66. The summed E-state index contributed by atoms with van der Waals surface area (Å²) < 4.78 is 56.4. The van der Waals surface area contributed by atoms with E-state index >= 15 is 0 Å². The molecule has 2 aliphatic heterocycles. The number of rotatable bonds is 4. The van der Waals surface area contributed by atoms with Crippen LogP contribution < -0.4 is 11.1 Å². The maximum absolute atomic E-state index is 14.7. The van der Waals surface area contributed by atoms with Gasteiger partial charge < -0.3 is 21.1 Å². The third-order valence-electron chi connectivity index (χ3n) is 6.26. The maximum Gasteiger partial charge on any atom is 0.417 e. The smallest absolute Gasteiger partial charge is 0.417 e. The topological polar surface area (TPSA) is 143 Å². The van der Waals surface area contributed by atoms with Gasteiger partial charge in [0.15, 0.2) is 5.82 Å². The Labute approximate surface area is 189 Å². The van der Waals surface area contributed by atoms with Gasteiger partial charge in [0.1, 0.15) is 11.4 Å². The second kappa shape index (κ2) is 7.67. The minimum Gasteiger partial charge on any atom is -0.479 e. The summed E-state index contributed by atoms with van der Waals surface area (Å²) in [6, 6.07) is -0.451. The Morgan fingerprint density at radius 3 is 2.50 bits per heavy atom. The number of anilines is 1. The number of primary amides is 1. The van der Waals surface area contributed by atoms with Crippen LogP contribution in [0.25, 0.3) is 11.4 Å². The fourth-order valence-electron chi connectivity index (χ4n) is 4.93. The van der Waals surface area contributed by atoms with E-state index in [-0.39, 0.29) is 30.9 Å². The van der Waals surface area contributed by atoms with Gasteiger partial charge in [0.25, 0.3) is 5.91 Å². The molecule has 2 aromatic rings. The van der Waals surface area contributed by atoms with Crippen molar-refractivity contribution in [3.63, 3.8) is 0 Å². The molecule has 2 bridgehead atoms. The molecule has 4 N–H and O–H groups in total. The molecule has 14 heteroatoms. The zero-order chi connectivity index (χ0) is 25.2. The molecule has 3 fully saturated rings. The van der Waals surface area contributed by atoms with Crippen molar-refractivity contribution < 1.29 is 37.1 Å². The molecule has 3 heterocycles. The van der Waals surface area contributed by atoms with E-state index in [1.807, 2.05) is 6.92 Å². The first-order chi connectivity index (χ1) is 15.7. The molecule has 0 spiro atoms. The Hall–Kier alpha value is -3.71. The highest BCUT2D eigenvalue weighted by atomic mass is 19.4. The van der Waals surface area contributed by atoms with Crippen molar-refractivity contribution in [3.05, 3.63) is 29.3 Å². The lowest BCUT2D eigenvalue weighted by molar-refractivity contribution is -0.173. The predicted octanol–water partition coefficient (Wildman–Crippen LogP) is 2.60. The summed E-state index contributed by atoms with van der Waals surface area (Å²) in [6.45, 7) is 1.86. The summed E-state index contributed by atoms with van der Waals surface area (Å²) in [7, 11) is 1.24. The molecular formula is C20H20F4N6O4. The van der Waals surface area contributed by atoms with Gasteiger partial charge in [-0.1, -0.05) is 6.92 Å². The first-order valence-electron chi connectivity index (χ1n) is 10.2. The number of piperidine rings is 1. The maximum atomic E-state index is 14.7. The van der Waals surface area contributed by atoms with Crippen LogP contribution in [-0.2, 0) is 18.0 Å². The lowest BCUT2D eigenvalue weighted by atomic mass is 9.64. The third-order valence-corrected chi connectivity index (χ3v) is 6.26. The van der Waals surface area contributed by atoms with E-state index in [1.165, 1.54) is 7.05 Å². The van der Waals surface area contributed by atoms with Crippen molar-refractivity contribution in [2.75, 3.05) is 5.32 Å². The number of nitrogens with zero attached hydrogens (tertiary/aromatic N) is 4. The van der Waals surface area contributed by atoms with E-state index in [0.29, 0.717) is 12.5 Å². The van der Waals surface area contributed by atoms with Crippen molar-refractivity contribution in [3.8, 4) is 11.4 Å². The van der Waals surface area contributed by atoms with Crippen molar-refractivity contribution in [1.29, 1.82) is 0 Å². The van der Waals surface area contributed by atoms with E-state index in [2.05, 4.69) is 15.4 Å². The van der Waals surface area contributed by atoms with Crippen molar-refractivity contribution in [1.82, 2.24) is 19.7 Å². The van der Waals surface area contributed by atoms with Crippen LogP contribution in [0.4, 0.5) is 28.0 Å². The van der Waals surface area contributed by atoms with Crippen LogP contribution >= 0.6 is 0 Å². The minimum atomic E-state index is -5.01. The monoisotopic (exact) mass is 484 g/mol. The molecular weight excluding hydrogens is 464 g/mol. The summed E-state index contributed by atoms with van der Waals surface area (Å²) in [5.41, 5.74) is 0.942. The van der Waals surface area contributed by atoms with E-state index in [9.17, 15) is 37.1 Å². The molecule has 1 aliphatic carbocycles. The van der Waals surface area contributed by atoms with Gasteiger partial charge in [-0.25, -0.2) is 23.6 Å². The summed E-state index contributed by atoms with van der Waals surface area (Å²) >= 11 is 0. The number of aryl methyl sites for hydroxylation is 1. The van der Waals surface area contributed by atoms with Gasteiger partial charge in [-0.15, -0.1) is 0 Å². The first kappa shape index (κ1) is 23.4. The number of nitrogens with two attached hydrogens (primary N) is 1. The number of nitrogens with one attached hydrogen (secondary N) is 1. The largest absolute Gasteiger partial charge is 0.479 e. The average molecular weight is 484 g/mol. The highest BCUT2D eigenvalue weighted by Gasteiger charge is 2.63. The van der Waals surface area contributed by atoms with Crippen LogP contribution in [0, 0.1) is 11.7 Å². The van der Waals surface area contributed by atoms with Gasteiger partial charge in [-0.05, 0) is 30.9 Å². The quantitative estimate of drug-likeness (QED) is 0.569. The minimum absolute atomic E-state index is 0.0583. The lowest BCUT2D eigenvalue weighted by Crippen LogP contribution is -2.75. The fourth-order valence-corrected chi connectivity index (χ4v) is 4.93. The number of halogens is 4. The molecule has 2 unspecified atom stereocenters. The molecule has 1 saturated carbocycles. The van der Waals surface area contributed by atoms with Crippen LogP contribution in [-0.4, -0.2) is 54.3 Å². The van der Waals surface area contributed by atoms with Gasteiger partial charge in [0.05, 0.1) is 11.3 Å². The number of carboxylic acid groups (broad SMARTS) is 1. The van der Waals surface area contributed by atoms with Gasteiger partial charge in [0, 0.05) is 25.1 Å². The Morgan fingerprint density at radius 1 is 1.26 bits per heavy atom. The molecule has 3 amide bonds. The Kier molecular flexibility index (Phi) is 5.29. The number of hydrogen-bond donors (Lipinski definition) is 3. The van der Waals surface area contributed by atoms with Crippen LogP contribution in [0.2, 0.25) is 0 Å². The standard InChI is InChI=1S/C20H20F4N6O4/c1-8-3-9-7-19(6-8,17(32)33)30(9)18(34)26-13-4-10(11(5-12(13)21)20(22,23)24)15-27-16(14(25)31)29(2)28-15/h4-5,8-9H,3,6-7H2,1-2H3,(H2,25,31)(H,26,34)(H,32,33)/t8-,9?,19?/m1/s1. The highest BCUT2D eigenvalue weighted by Crippen LogP contribution is 2.50. The highest BCUT2D eigenvalue weighted by molar-refractivity contribution is 5.97. The summed E-state index contributed by atoms with van der Waals surface area (Å²) in [6.07, 6.45) is -4.00. The Balaban J connectivity index is 1.73. The Morgan fingerprint density at radius 2 is 1.94 bits per heavy atom. The molecule has 3 atom stereocenters. The van der Waals surface area contributed by atoms with Crippen LogP contribution in [0.5, 0.6) is 0 Å². The number of aliphatic carboxylic acids is 1. The fraction of sp³-hybridized carbons (Fsp3) is 0.450. The molecule has 1 aromatic heterocycles. The molecule has 3 aliphatic rings. The van der Waals surface area contributed by atoms with Gasteiger partial charge in [-0.3, -0.25) is 4.79 Å². The molecule has 5 rings (SSSR count). The van der Waals surface area contributed by atoms with Gasteiger partial charge in [0.2, 0.25) is 5.82 Å². The number of alkyl halides is 3. The number of aromatic nitrogens is 3. The van der Waals surface area contributed by atoms with E-state index in [4.69, 9.17) is 5.73 Å². The van der Waals surface area contributed by atoms with Crippen LogP contribution in [0.1, 0.15) is 42.4 Å². The first-order valence-corrected chi connectivity index (χ1v) is 10.2. The lowest BCUT2D eigenvalue weighted by Gasteiger charge is -2.60. The number of carbonyl (C=O) groups excluding carboxylic acids is 2. The molecule has 1 aromatic carbocycles. The van der Waals surface area contributed by atoms with E-state index < -0.39 is 63.9 Å². The summed E-state index contributed by atoms with van der Waals surface area (Å²) in [5.74, 6) is -4.56. The van der Waals surface area contributed by atoms with Crippen LogP contribution in [0.15, 0.2) is 12.1 Å². The number of urea groups is 1. The van der Waals surface area contributed by atoms with Crippen molar-refractivity contribution in [2.45, 2.75) is 43.9 Å². The number of fused-ring (bicyclic) bond motifs is 2. The number of benzene rings is 1. The normalized spacial score (nSPS) is 23.9. The molecule has 182 valence electrons. The van der Waals surface area contributed by atoms with Crippen molar-refractivity contribution >= 4 is 23.6 Å². The average Bonchev–Trinajstić information content (AvgIpc) is 3.09. The summed E-state index contributed by atoms with van der Waals surface area (Å²) in [5, 5.41) is 15.7. The van der Waals surface area contributed by atoms with Crippen LogP contribution in [0.3, 0.4) is 0 Å². The SMILES string of the molecule is C[C@@H]1CC2CC(C(=O)O)(C1)N2C(=O)Nc1cc(-c2nc(C(N)=O)n(C)n2)c(C(F)(F)F)cc1F. The molecule has 2 saturated heterocycles. The number of amides is 3. The molecule has 34 heavy (non-hydrogen) atoms.